The second kappa shape index (κ2) is 9.68. The summed E-state index contributed by atoms with van der Waals surface area (Å²) in [5, 5.41) is 0.516. The quantitative estimate of drug-likeness (QED) is 0.361. The van der Waals surface area contributed by atoms with Crippen LogP contribution < -0.4 is 4.90 Å². The number of hydrogen-bond acceptors (Lipinski definition) is 6. The first-order chi connectivity index (χ1) is 17.3. The van der Waals surface area contributed by atoms with Crippen molar-refractivity contribution in [3.63, 3.8) is 0 Å². The number of halogens is 1. The highest BCUT2D eigenvalue weighted by Crippen LogP contribution is 2.36. The maximum absolute atomic E-state index is 14.0. The number of pyridine rings is 1. The molecule has 4 aromatic rings. The molecule has 186 valence electrons. The van der Waals surface area contributed by atoms with Crippen LogP contribution in [0.3, 0.4) is 0 Å². The van der Waals surface area contributed by atoms with Gasteiger partial charge < -0.3 is 0 Å². The third-order valence-corrected chi connectivity index (χ3v) is 9.54. The average Bonchev–Trinajstić information content (AvgIpc) is 3.54. The number of benzene rings is 2. The van der Waals surface area contributed by atoms with E-state index in [0.29, 0.717) is 18.0 Å². The van der Waals surface area contributed by atoms with Gasteiger partial charge in [-0.3, -0.25) is 14.7 Å². The molecule has 5 rings (SSSR count). The van der Waals surface area contributed by atoms with E-state index in [9.17, 15) is 17.6 Å². The van der Waals surface area contributed by atoms with Gasteiger partial charge in [-0.15, -0.1) is 0 Å². The molecule has 0 saturated carbocycles. The van der Waals surface area contributed by atoms with Gasteiger partial charge in [-0.2, -0.15) is 4.31 Å². The van der Waals surface area contributed by atoms with Gasteiger partial charge in [0.15, 0.2) is 5.13 Å². The summed E-state index contributed by atoms with van der Waals surface area (Å²) >= 11 is 1.42. The number of aromatic nitrogens is 2. The van der Waals surface area contributed by atoms with E-state index in [4.69, 9.17) is 4.98 Å². The fraction of sp³-hybridized carbons (Fsp3) is 0.269. The van der Waals surface area contributed by atoms with Gasteiger partial charge in [0.2, 0.25) is 15.9 Å². The van der Waals surface area contributed by atoms with Crippen LogP contribution in [0, 0.1) is 19.7 Å². The van der Waals surface area contributed by atoms with E-state index in [0.717, 1.165) is 39.0 Å². The Kier molecular flexibility index (Phi) is 6.59. The van der Waals surface area contributed by atoms with E-state index >= 15 is 0 Å². The number of rotatable bonds is 6. The SMILES string of the molecule is Cc1ccc(C)c2sc(N(Cc3cccnc3)C(=O)C3CCCN3S(=O)(=O)c3ccc(F)cc3)nc12. The van der Waals surface area contributed by atoms with Crippen molar-refractivity contribution in [2.75, 3.05) is 11.4 Å². The summed E-state index contributed by atoms with van der Waals surface area (Å²) < 4.78 is 42.5. The fourth-order valence-corrected chi connectivity index (χ4v) is 7.24. The molecule has 7 nitrogen and oxygen atoms in total. The van der Waals surface area contributed by atoms with Gasteiger partial charge in [0, 0.05) is 18.9 Å². The number of sulfonamides is 1. The van der Waals surface area contributed by atoms with Gasteiger partial charge in [-0.25, -0.2) is 17.8 Å². The van der Waals surface area contributed by atoms with Crippen LogP contribution in [0.4, 0.5) is 9.52 Å². The Bertz CT molecular complexity index is 1480. The summed E-state index contributed by atoms with van der Waals surface area (Å²) in [7, 11) is -3.99. The summed E-state index contributed by atoms with van der Waals surface area (Å²) in [6.07, 6.45) is 4.29. The molecule has 0 spiro atoms. The molecular formula is C26H25FN4O3S2. The van der Waals surface area contributed by atoms with Crippen molar-refractivity contribution < 1.29 is 17.6 Å². The van der Waals surface area contributed by atoms with Crippen LogP contribution in [-0.2, 0) is 21.4 Å². The highest BCUT2D eigenvalue weighted by Gasteiger charge is 2.42. The number of amides is 1. The van der Waals surface area contributed by atoms with Gasteiger partial charge in [-0.05, 0) is 73.7 Å². The molecule has 2 aromatic heterocycles. The number of nitrogens with zero attached hydrogens (tertiary/aromatic N) is 4. The first-order valence-corrected chi connectivity index (χ1v) is 13.9. The van der Waals surface area contributed by atoms with E-state index in [1.54, 1.807) is 23.4 Å². The zero-order valence-corrected chi connectivity index (χ0v) is 21.5. The molecule has 1 saturated heterocycles. The van der Waals surface area contributed by atoms with Crippen LogP contribution in [0.5, 0.6) is 0 Å². The maximum atomic E-state index is 14.0. The number of carbonyl (C=O) groups excluding carboxylic acids is 1. The minimum absolute atomic E-state index is 0.0337. The van der Waals surface area contributed by atoms with Crippen molar-refractivity contribution in [2.24, 2.45) is 0 Å². The number of aryl methyl sites for hydroxylation is 2. The molecule has 1 atom stereocenters. The molecule has 1 unspecified atom stereocenters. The lowest BCUT2D eigenvalue weighted by molar-refractivity contribution is -0.121. The predicted octanol–water partition coefficient (Wildman–Crippen LogP) is 4.83. The van der Waals surface area contributed by atoms with E-state index in [1.165, 1.54) is 27.8 Å². The molecule has 1 amide bonds. The number of hydrogen-bond donors (Lipinski definition) is 0. The van der Waals surface area contributed by atoms with Crippen LogP contribution >= 0.6 is 11.3 Å². The van der Waals surface area contributed by atoms with Crippen molar-refractivity contribution in [2.45, 2.75) is 44.2 Å². The van der Waals surface area contributed by atoms with Gasteiger partial charge in [-0.1, -0.05) is 29.5 Å². The van der Waals surface area contributed by atoms with Crippen molar-refractivity contribution in [1.29, 1.82) is 0 Å². The summed E-state index contributed by atoms with van der Waals surface area (Å²) in [4.78, 5) is 24.6. The molecule has 0 radical (unpaired) electrons. The number of carbonyl (C=O) groups is 1. The summed E-state index contributed by atoms with van der Waals surface area (Å²) in [5.41, 5.74) is 3.72. The first-order valence-electron chi connectivity index (χ1n) is 11.6. The Morgan fingerprint density at radius 2 is 1.89 bits per heavy atom. The Labute approximate surface area is 213 Å². The van der Waals surface area contributed by atoms with Crippen LogP contribution in [0.2, 0.25) is 0 Å². The second-order valence-corrected chi connectivity index (χ2v) is 11.8. The molecule has 1 fully saturated rings. The van der Waals surface area contributed by atoms with Gasteiger partial charge >= 0.3 is 0 Å². The molecule has 0 bridgehead atoms. The lowest BCUT2D eigenvalue weighted by atomic mass is 10.1. The van der Waals surface area contributed by atoms with Crippen LogP contribution in [0.1, 0.15) is 29.5 Å². The Balaban J connectivity index is 1.55. The zero-order chi connectivity index (χ0) is 25.4. The molecule has 3 heterocycles. The molecule has 1 aliphatic heterocycles. The zero-order valence-electron chi connectivity index (χ0n) is 19.9. The lowest BCUT2D eigenvalue weighted by Crippen LogP contribution is -2.47. The maximum Gasteiger partial charge on any atom is 0.247 e. The van der Waals surface area contributed by atoms with Crippen molar-refractivity contribution >= 4 is 42.6 Å². The average molecular weight is 525 g/mol. The summed E-state index contributed by atoms with van der Waals surface area (Å²) in [6, 6.07) is 11.5. The Morgan fingerprint density at radius 3 is 2.58 bits per heavy atom. The third kappa shape index (κ3) is 4.52. The normalized spacial score (nSPS) is 16.5. The molecule has 0 aliphatic carbocycles. The number of anilines is 1. The van der Waals surface area contributed by atoms with E-state index in [-0.39, 0.29) is 23.9 Å². The van der Waals surface area contributed by atoms with Crippen molar-refractivity contribution in [1.82, 2.24) is 14.3 Å². The highest BCUT2D eigenvalue weighted by molar-refractivity contribution is 7.89. The lowest BCUT2D eigenvalue weighted by Gasteiger charge is -2.28. The summed E-state index contributed by atoms with van der Waals surface area (Å²) in [6.45, 7) is 4.41. The smallest absolute Gasteiger partial charge is 0.247 e. The molecule has 2 aromatic carbocycles. The largest absolute Gasteiger partial charge is 0.282 e. The van der Waals surface area contributed by atoms with Crippen molar-refractivity contribution in [3.05, 3.63) is 83.4 Å². The summed E-state index contributed by atoms with van der Waals surface area (Å²) in [5.74, 6) is -0.858. The van der Waals surface area contributed by atoms with Gasteiger partial charge in [0.1, 0.15) is 11.9 Å². The highest BCUT2D eigenvalue weighted by atomic mass is 32.2. The third-order valence-electron chi connectivity index (χ3n) is 6.40. The predicted molar refractivity (Wildman–Crippen MR) is 138 cm³/mol. The number of thiazole rings is 1. The molecule has 1 aliphatic rings. The monoisotopic (exact) mass is 524 g/mol. The minimum atomic E-state index is -3.99. The molecule has 10 heteroatoms. The van der Waals surface area contributed by atoms with E-state index in [1.807, 2.05) is 32.0 Å². The molecule has 0 N–H and O–H groups in total. The second-order valence-electron chi connectivity index (χ2n) is 8.89. The standard InChI is InChI=1S/C26H25FN4O3S2/c1-17-7-8-18(2)24-23(17)29-26(35-24)30(16-19-5-3-13-28-15-19)25(32)22-6-4-14-31(22)36(33,34)21-11-9-20(27)10-12-21/h3,5,7-13,15,22H,4,6,14,16H2,1-2H3. The molecular weight excluding hydrogens is 499 g/mol. The molecule has 36 heavy (non-hydrogen) atoms. The van der Waals surface area contributed by atoms with E-state index in [2.05, 4.69) is 4.98 Å². The van der Waals surface area contributed by atoms with Crippen LogP contribution in [0.15, 0.2) is 65.8 Å². The van der Waals surface area contributed by atoms with Gasteiger partial charge in [0.25, 0.3) is 0 Å². The minimum Gasteiger partial charge on any atom is -0.282 e. The van der Waals surface area contributed by atoms with Gasteiger partial charge in [0.05, 0.1) is 21.7 Å². The Hall–Kier alpha value is -3.21. The first kappa shape index (κ1) is 24.5. The van der Waals surface area contributed by atoms with Crippen molar-refractivity contribution in [3.8, 4) is 0 Å². The van der Waals surface area contributed by atoms with E-state index < -0.39 is 21.9 Å². The number of fused-ring (bicyclic) bond motifs is 1. The Morgan fingerprint density at radius 1 is 1.14 bits per heavy atom. The van der Waals surface area contributed by atoms with Crippen LogP contribution in [0.25, 0.3) is 10.2 Å². The fourth-order valence-electron chi connectivity index (χ4n) is 4.47. The topological polar surface area (TPSA) is 83.5 Å². The van der Waals surface area contributed by atoms with Crippen LogP contribution in [-0.4, -0.2) is 41.2 Å².